The molecular formula is C12H20O4. The second kappa shape index (κ2) is 8.97. The zero-order valence-electron chi connectivity index (χ0n) is 10.2. The van der Waals surface area contributed by atoms with E-state index in [1.807, 2.05) is 13.8 Å². The highest BCUT2D eigenvalue weighted by molar-refractivity contribution is 5.71. The van der Waals surface area contributed by atoms with Crippen LogP contribution in [-0.4, -0.2) is 32.4 Å². The summed E-state index contributed by atoms with van der Waals surface area (Å²) in [4.78, 5) is 11.1. The Labute approximate surface area is 96.9 Å². The third-order valence-corrected chi connectivity index (χ3v) is 1.77. The molecule has 92 valence electrons. The van der Waals surface area contributed by atoms with E-state index >= 15 is 0 Å². The Balaban J connectivity index is 4.08. The van der Waals surface area contributed by atoms with Crippen molar-refractivity contribution in [3.05, 3.63) is 24.5 Å². The Morgan fingerprint density at radius 3 is 2.62 bits per heavy atom. The monoisotopic (exact) mass is 228 g/mol. The van der Waals surface area contributed by atoms with Crippen LogP contribution in [0.2, 0.25) is 0 Å². The lowest BCUT2D eigenvalue weighted by Crippen LogP contribution is -2.18. The standard InChI is InChI=1S/C12H20O4/c1-5-11(16-12(13)9-14-4)8-7-10(3)15-6-2/h7-8,11H,3,5-6,9H2,1-2,4H3/b8-7+. The van der Waals surface area contributed by atoms with E-state index in [-0.39, 0.29) is 18.7 Å². The van der Waals surface area contributed by atoms with Gasteiger partial charge in [-0.3, -0.25) is 0 Å². The van der Waals surface area contributed by atoms with Gasteiger partial charge in [0, 0.05) is 7.11 Å². The topological polar surface area (TPSA) is 44.8 Å². The van der Waals surface area contributed by atoms with Crippen LogP contribution in [0.3, 0.4) is 0 Å². The molecule has 1 atom stereocenters. The zero-order chi connectivity index (χ0) is 12.4. The minimum atomic E-state index is -0.374. The Hall–Kier alpha value is -1.29. The van der Waals surface area contributed by atoms with Crippen LogP contribution in [0.5, 0.6) is 0 Å². The normalized spacial score (nSPS) is 12.4. The van der Waals surface area contributed by atoms with E-state index in [0.29, 0.717) is 18.8 Å². The lowest BCUT2D eigenvalue weighted by molar-refractivity contribution is -0.151. The van der Waals surface area contributed by atoms with Gasteiger partial charge in [0.2, 0.25) is 0 Å². The molecule has 1 unspecified atom stereocenters. The third kappa shape index (κ3) is 7.06. The van der Waals surface area contributed by atoms with Crippen LogP contribution in [0.1, 0.15) is 20.3 Å². The van der Waals surface area contributed by atoms with Gasteiger partial charge in [-0.15, -0.1) is 0 Å². The lowest BCUT2D eigenvalue weighted by atomic mass is 10.2. The highest BCUT2D eigenvalue weighted by atomic mass is 16.6. The number of hydrogen-bond acceptors (Lipinski definition) is 4. The molecule has 0 amide bonds. The highest BCUT2D eigenvalue weighted by Gasteiger charge is 2.08. The van der Waals surface area contributed by atoms with Crippen molar-refractivity contribution in [3.63, 3.8) is 0 Å². The fourth-order valence-corrected chi connectivity index (χ4v) is 1.03. The first-order valence-corrected chi connectivity index (χ1v) is 5.32. The minimum Gasteiger partial charge on any atom is -0.495 e. The number of rotatable bonds is 8. The Morgan fingerprint density at radius 1 is 1.44 bits per heavy atom. The molecule has 0 fully saturated rings. The van der Waals surface area contributed by atoms with Crippen LogP contribution in [0.15, 0.2) is 24.5 Å². The molecule has 0 rings (SSSR count). The molecule has 0 spiro atoms. The van der Waals surface area contributed by atoms with E-state index in [1.54, 1.807) is 12.2 Å². The van der Waals surface area contributed by atoms with E-state index in [4.69, 9.17) is 9.47 Å². The number of carbonyl (C=O) groups is 1. The predicted molar refractivity (Wildman–Crippen MR) is 62.0 cm³/mol. The maximum atomic E-state index is 11.1. The minimum absolute atomic E-state index is 0.0310. The molecule has 0 aromatic heterocycles. The summed E-state index contributed by atoms with van der Waals surface area (Å²) < 4.78 is 14.9. The molecule has 0 saturated carbocycles. The molecule has 0 heterocycles. The number of carbonyl (C=O) groups excluding carboxylic acids is 1. The van der Waals surface area contributed by atoms with Crippen molar-refractivity contribution >= 4 is 5.97 Å². The van der Waals surface area contributed by atoms with E-state index in [1.165, 1.54) is 7.11 Å². The molecule has 0 aliphatic rings. The molecule has 0 aromatic rings. The summed E-state index contributed by atoms with van der Waals surface area (Å²) in [7, 11) is 1.45. The molecule has 0 aliphatic heterocycles. The summed E-state index contributed by atoms with van der Waals surface area (Å²) in [5.74, 6) is 0.185. The fraction of sp³-hybridized carbons (Fsp3) is 0.583. The summed E-state index contributed by atoms with van der Waals surface area (Å²) in [6, 6.07) is 0. The first kappa shape index (κ1) is 14.7. The number of methoxy groups -OCH3 is 1. The molecule has 0 aliphatic carbocycles. The number of hydrogen-bond donors (Lipinski definition) is 0. The van der Waals surface area contributed by atoms with Gasteiger partial charge in [0.1, 0.15) is 18.5 Å². The quantitative estimate of drug-likeness (QED) is 0.362. The van der Waals surface area contributed by atoms with E-state index in [9.17, 15) is 4.79 Å². The van der Waals surface area contributed by atoms with Gasteiger partial charge in [0.15, 0.2) is 0 Å². The maximum absolute atomic E-state index is 11.1. The molecule has 0 aromatic carbocycles. The Morgan fingerprint density at radius 2 is 2.12 bits per heavy atom. The maximum Gasteiger partial charge on any atom is 0.332 e. The van der Waals surface area contributed by atoms with E-state index < -0.39 is 0 Å². The van der Waals surface area contributed by atoms with Crippen molar-refractivity contribution in [1.29, 1.82) is 0 Å². The predicted octanol–water partition coefficient (Wildman–Crippen LogP) is 2.06. The van der Waals surface area contributed by atoms with Gasteiger partial charge in [-0.2, -0.15) is 0 Å². The first-order chi connectivity index (χ1) is 7.63. The van der Waals surface area contributed by atoms with Gasteiger partial charge >= 0.3 is 5.97 Å². The van der Waals surface area contributed by atoms with E-state index in [2.05, 4.69) is 11.3 Å². The number of allylic oxidation sites excluding steroid dienone is 1. The number of esters is 1. The Kier molecular flexibility index (Phi) is 8.25. The summed E-state index contributed by atoms with van der Waals surface area (Å²) in [5.41, 5.74) is 0. The highest BCUT2D eigenvalue weighted by Crippen LogP contribution is 2.04. The van der Waals surface area contributed by atoms with Gasteiger partial charge < -0.3 is 14.2 Å². The summed E-state index contributed by atoms with van der Waals surface area (Å²) in [6.07, 6.45) is 3.90. The second-order valence-electron chi connectivity index (χ2n) is 3.13. The van der Waals surface area contributed by atoms with Crippen LogP contribution in [0.25, 0.3) is 0 Å². The van der Waals surface area contributed by atoms with Crippen LogP contribution in [-0.2, 0) is 19.0 Å². The Bertz CT molecular complexity index is 245. The van der Waals surface area contributed by atoms with Crippen LogP contribution >= 0.6 is 0 Å². The van der Waals surface area contributed by atoms with Gasteiger partial charge in [-0.05, 0) is 25.5 Å². The van der Waals surface area contributed by atoms with Crippen molar-refractivity contribution in [2.45, 2.75) is 26.4 Å². The summed E-state index contributed by atoms with van der Waals surface area (Å²) >= 11 is 0. The average Bonchev–Trinajstić information content (AvgIpc) is 2.25. The van der Waals surface area contributed by atoms with Crippen molar-refractivity contribution in [2.24, 2.45) is 0 Å². The van der Waals surface area contributed by atoms with Crippen molar-refractivity contribution in [3.8, 4) is 0 Å². The molecule has 4 nitrogen and oxygen atoms in total. The van der Waals surface area contributed by atoms with Gasteiger partial charge in [-0.25, -0.2) is 4.79 Å². The third-order valence-electron chi connectivity index (χ3n) is 1.77. The fourth-order valence-electron chi connectivity index (χ4n) is 1.03. The molecular weight excluding hydrogens is 208 g/mol. The molecule has 0 saturated heterocycles. The molecule has 0 bridgehead atoms. The van der Waals surface area contributed by atoms with Crippen LogP contribution < -0.4 is 0 Å². The average molecular weight is 228 g/mol. The van der Waals surface area contributed by atoms with Gasteiger partial charge in [0.25, 0.3) is 0 Å². The largest absolute Gasteiger partial charge is 0.495 e. The summed E-state index contributed by atoms with van der Waals surface area (Å²) in [5, 5.41) is 0. The van der Waals surface area contributed by atoms with Crippen molar-refractivity contribution < 1.29 is 19.0 Å². The summed E-state index contributed by atoms with van der Waals surface area (Å²) in [6.45, 7) is 8.05. The zero-order valence-corrected chi connectivity index (χ0v) is 10.2. The molecule has 16 heavy (non-hydrogen) atoms. The smallest absolute Gasteiger partial charge is 0.332 e. The van der Waals surface area contributed by atoms with Crippen molar-refractivity contribution in [1.82, 2.24) is 0 Å². The lowest BCUT2D eigenvalue weighted by Gasteiger charge is -2.12. The van der Waals surface area contributed by atoms with E-state index in [0.717, 1.165) is 0 Å². The van der Waals surface area contributed by atoms with Crippen LogP contribution in [0.4, 0.5) is 0 Å². The molecule has 0 N–H and O–H groups in total. The van der Waals surface area contributed by atoms with Crippen molar-refractivity contribution in [2.75, 3.05) is 20.3 Å². The molecule has 4 heteroatoms. The second-order valence-corrected chi connectivity index (χ2v) is 3.13. The number of ether oxygens (including phenoxy) is 3. The molecule has 0 radical (unpaired) electrons. The first-order valence-electron chi connectivity index (χ1n) is 5.32. The van der Waals surface area contributed by atoms with Crippen LogP contribution in [0, 0.1) is 0 Å². The van der Waals surface area contributed by atoms with Gasteiger partial charge in [0.05, 0.1) is 6.61 Å². The SMILES string of the molecule is C=C(/C=C/C(CC)OC(=O)COC)OCC. The van der Waals surface area contributed by atoms with Gasteiger partial charge in [-0.1, -0.05) is 13.5 Å².